The second-order valence-electron chi connectivity index (χ2n) is 9.85. The molecule has 2 aromatic rings. The van der Waals surface area contributed by atoms with Crippen LogP contribution in [0.1, 0.15) is 43.6 Å². The van der Waals surface area contributed by atoms with E-state index in [0.717, 1.165) is 69.4 Å². The Morgan fingerprint density at radius 2 is 1.66 bits per heavy atom. The van der Waals surface area contributed by atoms with Crippen molar-refractivity contribution in [3.63, 3.8) is 0 Å². The van der Waals surface area contributed by atoms with E-state index < -0.39 is 12.0 Å². The molecule has 0 amide bonds. The topological polar surface area (TPSA) is 45.2 Å². The second kappa shape index (κ2) is 10.8. The lowest BCUT2D eigenvalue weighted by molar-refractivity contribution is -0.274. The molecule has 1 aliphatic heterocycles. The van der Waals surface area contributed by atoms with Gasteiger partial charge in [0.1, 0.15) is 11.5 Å². The van der Waals surface area contributed by atoms with Crippen molar-refractivity contribution in [3.8, 4) is 22.6 Å². The Labute approximate surface area is 205 Å². The normalized spacial score (nSPS) is 20.4. The van der Waals surface area contributed by atoms with E-state index in [2.05, 4.69) is 21.6 Å². The van der Waals surface area contributed by atoms with E-state index in [1.165, 1.54) is 12.1 Å². The summed E-state index contributed by atoms with van der Waals surface area (Å²) in [6.07, 6.45) is -0.210. The Balaban J connectivity index is 1.71. The van der Waals surface area contributed by atoms with E-state index in [1.807, 2.05) is 18.2 Å². The van der Waals surface area contributed by atoms with Crippen LogP contribution in [0.2, 0.25) is 0 Å². The zero-order valence-corrected chi connectivity index (χ0v) is 20.5. The third-order valence-electron chi connectivity index (χ3n) is 7.41. The van der Waals surface area contributed by atoms with Gasteiger partial charge in [-0.25, -0.2) is 0 Å². The highest BCUT2D eigenvalue weighted by Crippen LogP contribution is 2.44. The fourth-order valence-electron chi connectivity index (χ4n) is 5.42. The van der Waals surface area contributed by atoms with Crippen LogP contribution < -0.4 is 9.47 Å². The molecule has 0 radical (unpaired) electrons. The number of halogens is 3. The van der Waals surface area contributed by atoms with Gasteiger partial charge >= 0.3 is 6.36 Å². The van der Waals surface area contributed by atoms with Crippen molar-refractivity contribution >= 4 is 0 Å². The SMILES string of the molecule is COc1ccc(-c2cccc(OC(F)(F)F)c2)cc1C(CN1CCN(C)CC1)C1(O)CCCCC1. The molecule has 1 atom stereocenters. The molecular formula is C27H35F3N2O3. The molecule has 8 heteroatoms. The summed E-state index contributed by atoms with van der Waals surface area (Å²) in [5.74, 6) is 0.262. The van der Waals surface area contributed by atoms with Crippen LogP contribution >= 0.6 is 0 Å². The number of hydrogen-bond donors (Lipinski definition) is 1. The van der Waals surface area contributed by atoms with Crippen molar-refractivity contribution in [2.45, 2.75) is 50.0 Å². The van der Waals surface area contributed by atoms with Crippen molar-refractivity contribution < 1.29 is 27.8 Å². The van der Waals surface area contributed by atoms with Crippen molar-refractivity contribution in [2.24, 2.45) is 0 Å². The van der Waals surface area contributed by atoms with E-state index in [9.17, 15) is 18.3 Å². The first-order valence-electron chi connectivity index (χ1n) is 12.3. The largest absolute Gasteiger partial charge is 0.573 e. The highest BCUT2D eigenvalue weighted by Gasteiger charge is 2.41. The fraction of sp³-hybridized carbons (Fsp3) is 0.556. The van der Waals surface area contributed by atoms with E-state index in [0.29, 0.717) is 17.9 Å². The molecule has 1 heterocycles. The molecule has 2 aromatic carbocycles. The lowest BCUT2D eigenvalue weighted by Crippen LogP contribution is -2.50. The predicted octanol–water partition coefficient (Wildman–Crippen LogP) is 5.29. The fourth-order valence-corrected chi connectivity index (χ4v) is 5.42. The molecule has 1 saturated heterocycles. The summed E-state index contributed by atoms with van der Waals surface area (Å²) in [6, 6.07) is 11.7. The molecule has 1 aliphatic carbocycles. The number of hydrogen-bond acceptors (Lipinski definition) is 5. The smallest absolute Gasteiger partial charge is 0.496 e. The minimum absolute atomic E-state index is 0.171. The van der Waals surface area contributed by atoms with Gasteiger partial charge in [-0.1, -0.05) is 37.5 Å². The van der Waals surface area contributed by atoms with E-state index in [4.69, 9.17) is 4.74 Å². The highest BCUT2D eigenvalue weighted by atomic mass is 19.4. The molecule has 192 valence electrons. The number of aliphatic hydroxyl groups is 1. The van der Waals surface area contributed by atoms with Crippen LogP contribution in [-0.2, 0) is 0 Å². The van der Waals surface area contributed by atoms with Crippen LogP contribution in [0.5, 0.6) is 11.5 Å². The van der Waals surface area contributed by atoms with Gasteiger partial charge in [-0.05, 0) is 55.3 Å². The monoisotopic (exact) mass is 492 g/mol. The molecule has 4 rings (SSSR count). The lowest BCUT2D eigenvalue weighted by atomic mass is 9.72. The summed E-state index contributed by atoms with van der Waals surface area (Å²) in [4.78, 5) is 4.71. The minimum atomic E-state index is -4.75. The Bertz CT molecular complexity index is 984. The Hall–Kier alpha value is -2.29. The summed E-state index contributed by atoms with van der Waals surface area (Å²) in [5.41, 5.74) is 1.42. The van der Waals surface area contributed by atoms with Crippen LogP contribution in [0.15, 0.2) is 42.5 Å². The minimum Gasteiger partial charge on any atom is -0.496 e. The van der Waals surface area contributed by atoms with Crippen molar-refractivity contribution in [3.05, 3.63) is 48.0 Å². The number of piperazine rings is 1. The van der Waals surface area contributed by atoms with E-state index in [1.54, 1.807) is 19.2 Å². The molecule has 2 fully saturated rings. The van der Waals surface area contributed by atoms with Gasteiger partial charge in [-0.15, -0.1) is 13.2 Å². The molecule has 2 aliphatic rings. The molecule has 0 aromatic heterocycles. The zero-order chi connectivity index (χ0) is 25.1. The Kier molecular flexibility index (Phi) is 7.93. The van der Waals surface area contributed by atoms with E-state index >= 15 is 0 Å². The first-order chi connectivity index (χ1) is 16.7. The predicted molar refractivity (Wildman–Crippen MR) is 130 cm³/mol. The lowest BCUT2D eigenvalue weighted by Gasteiger charge is -2.43. The molecule has 0 spiro atoms. The van der Waals surface area contributed by atoms with Gasteiger partial charge in [0.05, 0.1) is 12.7 Å². The van der Waals surface area contributed by atoms with Crippen LogP contribution in [0.3, 0.4) is 0 Å². The van der Waals surface area contributed by atoms with Gasteiger partial charge < -0.3 is 24.4 Å². The molecule has 5 nitrogen and oxygen atoms in total. The van der Waals surface area contributed by atoms with Crippen molar-refractivity contribution in [1.29, 1.82) is 0 Å². The van der Waals surface area contributed by atoms with Gasteiger partial charge in [-0.3, -0.25) is 0 Å². The summed E-state index contributed by atoms with van der Waals surface area (Å²) < 4.78 is 48.2. The number of likely N-dealkylation sites (N-methyl/N-ethyl adjacent to an activating group) is 1. The molecule has 0 bridgehead atoms. The number of nitrogens with zero attached hydrogens (tertiary/aromatic N) is 2. The number of methoxy groups -OCH3 is 1. The first kappa shape index (κ1) is 25.8. The number of rotatable bonds is 7. The number of ether oxygens (including phenoxy) is 2. The van der Waals surface area contributed by atoms with Crippen LogP contribution in [0.25, 0.3) is 11.1 Å². The van der Waals surface area contributed by atoms with Crippen LogP contribution in [0, 0.1) is 0 Å². The second-order valence-corrected chi connectivity index (χ2v) is 9.85. The van der Waals surface area contributed by atoms with Gasteiger partial charge in [0.15, 0.2) is 0 Å². The van der Waals surface area contributed by atoms with Crippen molar-refractivity contribution in [2.75, 3.05) is 46.9 Å². The Morgan fingerprint density at radius 1 is 0.971 bits per heavy atom. The number of alkyl halides is 3. The maximum Gasteiger partial charge on any atom is 0.573 e. The molecular weight excluding hydrogens is 457 g/mol. The van der Waals surface area contributed by atoms with E-state index in [-0.39, 0.29) is 11.7 Å². The average molecular weight is 493 g/mol. The maximum absolute atomic E-state index is 12.8. The summed E-state index contributed by atoms with van der Waals surface area (Å²) >= 11 is 0. The summed E-state index contributed by atoms with van der Waals surface area (Å²) in [7, 11) is 3.74. The van der Waals surface area contributed by atoms with Crippen LogP contribution in [0.4, 0.5) is 13.2 Å². The average Bonchev–Trinajstić information content (AvgIpc) is 2.83. The quantitative estimate of drug-likeness (QED) is 0.569. The molecule has 1 unspecified atom stereocenters. The third-order valence-corrected chi connectivity index (χ3v) is 7.41. The van der Waals surface area contributed by atoms with Gasteiger partial charge in [0.2, 0.25) is 0 Å². The van der Waals surface area contributed by atoms with Crippen LogP contribution in [-0.4, -0.2) is 73.8 Å². The summed E-state index contributed by atoms with van der Waals surface area (Å²) in [6.45, 7) is 4.54. The maximum atomic E-state index is 12.8. The third kappa shape index (κ3) is 6.48. The molecule has 35 heavy (non-hydrogen) atoms. The van der Waals surface area contributed by atoms with Gasteiger partial charge in [-0.2, -0.15) is 0 Å². The number of benzene rings is 2. The molecule has 1 N–H and O–H groups in total. The van der Waals surface area contributed by atoms with Gasteiger partial charge in [0.25, 0.3) is 0 Å². The van der Waals surface area contributed by atoms with Gasteiger partial charge in [0, 0.05) is 44.2 Å². The first-order valence-corrected chi connectivity index (χ1v) is 12.3. The Morgan fingerprint density at radius 3 is 2.31 bits per heavy atom. The highest BCUT2D eigenvalue weighted by molar-refractivity contribution is 5.67. The standard InChI is InChI=1S/C27H35F3N2O3/c1-31-13-15-32(16-14-31)19-24(26(33)11-4-3-5-12-26)23-18-21(9-10-25(23)34-2)20-7-6-8-22(17-20)35-27(28,29)30/h6-10,17-18,24,33H,3-5,11-16,19H2,1-2H3. The van der Waals surface area contributed by atoms with Crippen molar-refractivity contribution in [1.82, 2.24) is 9.80 Å². The zero-order valence-electron chi connectivity index (χ0n) is 20.5. The summed E-state index contributed by atoms with van der Waals surface area (Å²) in [5, 5.41) is 11.9. The molecule has 1 saturated carbocycles.